The van der Waals surface area contributed by atoms with Crippen LogP contribution in [-0.2, 0) is 37.8 Å². The van der Waals surface area contributed by atoms with Gasteiger partial charge in [0.25, 0.3) is 0 Å². The zero-order valence-electron chi connectivity index (χ0n) is 20.8. The zero-order valence-corrected chi connectivity index (χ0v) is 20.8. The predicted molar refractivity (Wildman–Crippen MR) is 126 cm³/mol. The van der Waals surface area contributed by atoms with E-state index in [-0.39, 0.29) is 36.3 Å². The Morgan fingerprint density at radius 2 is 1.12 bits per heavy atom. The Balaban J connectivity index is 1.75. The lowest BCUT2D eigenvalue weighted by atomic mass is 10.0. The summed E-state index contributed by atoms with van der Waals surface area (Å²) in [7, 11) is 0. The third-order valence-corrected chi connectivity index (χ3v) is 5.74. The summed E-state index contributed by atoms with van der Waals surface area (Å²) in [5.41, 5.74) is -5.32. The van der Waals surface area contributed by atoms with Gasteiger partial charge in [0.15, 0.2) is 0 Å². The number of rotatable bonds is 7. The number of hydrogen-bond acceptors (Lipinski definition) is 1. The van der Waals surface area contributed by atoms with Gasteiger partial charge >= 0.3 is 24.7 Å². The van der Waals surface area contributed by atoms with Crippen molar-refractivity contribution in [3.8, 4) is 0 Å². The van der Waals surface area contributed by atoms with Gasteiger partial charge in [-0.1, -0.05) is 6.08 Å². The number of aromatic nitrogens is 1. The molecule has 222 valence electrons. The number of benzene rings is 2. The molecule has 0 atom stereocenters. The fourth-order valence-electron chi connectivity index (χ4n) is 3.84. The molecule has 41 heavy (non-hydrogen) atoms. The second-order valence-electron chi connectivity index (χ2n) is 8.86. The first-order valence-corrected chi connectivity index (χ1v) is 11.6. The van der Waals surface area contributed by atoms with Crippen molar-refractivity contribution in [2.75, 3.05) is 0 Å². The fourth-order valence-corrected chi connectivity index (χ4v) is 3.84. The van der Waals surface area contributed by atoms with Crippen molar-refractivity contribution in [3.05, 3.63) is 112 Å². The molecular formula is C27H20F12N2. The molecule has 0 bridgehead atoms. The lowest BCUT2D eigenvalue weighted by Crippen LogP contribution is -2.13. The van der Waals surface area contributed by atoms with Gasteiger partial charge in [0, 0.05) is 25.5 Å². The van der Waals surface area contributed by atoms with Crippen molar-refractivity contribution in [1.29, 1.82) is 0 Å². The van der Waals surface area contributed by atoms with Crippen LogP contribution >= 0.6 is 0 Å². The Labute approximate surface area is 225 Å². The second-order valence-corrected chi connectivity index (χ2v) is 8.86. The van der Waals surface area contributed by atoms with Crippen LogP contribution < -0.4 is 5.32 Å². The summed E-state index contributed by atoms with van der Waals surface area (Å²) in [4.78, 5) is 0. The summed E-state index contributed by atoms with van der Waals surface area (Å²) in [6, 6.07) is 3.99. The minimum Gasteiger partial charge on any atom is -0.387 e. The van der Waals surface area contributed by atoms with Crippen molar-refractivity contribution in [2.45, 2.75) is 44.7 Å². The summed E-state index contributed by atoms with van der Waals surface area (Å²) >= 11 is 0. The molecule has 0 radical (unpaired) electrons. The molecule has 3 aromatic rings. The Morgan fingerprint density at radius 3 is 1.54 bits per heavy atom. The Bertz CT molecular complexity index is 1350. The van der Waals surface area contributed by atoms with E-state index in [0.29, 0.717) is 35.4 Å². The third kappa shape index (κ3) is 8.57. The van der Waals surface area contributed by atoms with Gasteiger partial charge in [0.1, 0.15) is 0 Å². The molecule has 0 aliphatic rings. The molecular weight excluding hydrogens is 580 g/mol. The maximum atomic E-state index is 13.1. The molecule has 0 unspecified atom stereocenters. The van der Waals surface area contributed by atoms with Gasteiger partial charge in [-0.15, -0.1) is 0 Å². The van der Waals surface area contributed by atoms with Crippen LogP contribution in [0, 0.1) is 0 Å². The first-order chi connectivity index (χ1) is 18.8. The highest BCUT2D eigenvalue weighted by Gasteiger charge is 2.38. The average molecular weight is 600 g/mol. The number of halogens is 12. The predicted octanol–water partition coefficient (Wildman–Crippen LogP) is 9.32. The molecule has 0 aliphatic heterocycles. The van der Waals surface area contributed by atoms with Gasteiger partial charge in [-0.05, 0) is 83.9 Å². The monoisotopic (exact) mass is 600 g/mol. The number of nitrogens with one attached hydrogen (secondary N) is 1. The molecule has 3 rings (SSSR count). The first-order valence-electron chi connectivity index (χ1n) is 11.6. The molecule has 1 N–H and O–H groups in total. The van der Waals surface area contributed by atoms with Crippen LogP contribution in [0.5, 0.6) is 0 Å². The first kappa shape index (κ1) is 31.7. The zero-order chi connectivity index (χ0) is 30.8. The molecule has 0 saturated heterocycles. The van der Waals surface area contributed by atoms with Crippen molar-refractivity contribution in [1.82, 2.24) is 9.88 Å². The number of hydrogen-bond donors (Lipinski definition) is 1. The average Bonchev–Trinajstić information content (AvgIpc) is 3.29. The Hall–Kier alpha value is -3.84. The molecule has 2 aromatic carbocycles. The van der Waals surface area contributed by atoms with Gasteiger partial charge in [0.2, 0.25) is 0 Å². The smallest absolute Gasteiger partial charge is 0.387 e. The molecule has 14 heteroatoms. The SMILES string of the molecule is C/C=C(\C=C/NCc1cc(C(F)(F)F)cc(C(F)(F)F)c1)c1ccn(Cc2cc(C(F)(F)F)cc(C(F)(F)F)c2)c1. The highest BCUT2D eigenvalue weighted by Crippen LogP contribution is 2.38. The Kier molecular flexibility index (Phi) is 8.94. The lowest BCUT2D eigenvalue weighted by molar-refractivity contribution is -0.144. The van der Waals surface area contributed by atoms with Gasteiger partial charge in [-0.25, -0.2) is 0 Å². The van der Waals surface area contributed by atoms with Crippen molar-refractivity contribution in [2.24, 2.45) is 0 Å². The van der Waals surface area contributed by atoms with Gasteiger partial charge < -0.3 is 9.88 Å². The van der Waals surface area contributed by atoms with Crippen LogP contribution in [0.1, 0.15) is 45.9 Å². The van der Waals surface area contributed by atoms with Gasteiger partial charge in [-0.2, -0.15) is 52.7 Å². The van der Waals surface area contributed by atoms with E-state index >= 15 is 0 Å². The fraction of sp³-hybridized carbons (Fsp3) is 0.259. The summed E-state index contributed by atoms with van der Waals surface area (Å²) in [5.74, 6) is 0. The van der Waals surface area contributed by atoms with Crippen LogP contribution in [0.4, 0.5) is 52.7 Å². The molecule has 0 aliphatic carbocycles. The minimum atomic E-state index is -4.99. The van der Waals surface area contributed by atoms with E-state index in [0.717, 1.165) is 0 Å². The summed E-state index contributed by atoms with van der Waals surface area (Å²) in [5, 5.41) is 2.60. The maximum Gasteiger partial charge on any atom is 0.416 e. The molecule has 1 aromatic heterocycles. The quantitative estimate of drug-likeness (QED) is 0.211. The van der Waals surface area contributed by atoms with E-state index in [1.165, 1.54) is 35.3 Å². The molecule has 0 fully saturated rings. The minimum absolute atomic E-state index is 0.0191. The maximum absolute atomic E-state index is 13.1. The number of alkyl halides is 12. The molecule has 0 spiro atoms. The van der Waals surface area contributed by atoms with E-state index in [9.17, 15) is 52.7 Å². The lowest BCUT2D eigenvalue weighted by Gasteiger charge is -2.14. The molecule has 2 nitrogen and oxygen atoms in total. The van der Waals surface area contributed by atoms with E-state index in [4.69, 9.17) is 0 Å². The standard InChI is InChI=1S/C27H20F12N2/c1-2-18(3-5-40-13-16-7-20(24(28,29)30)11-21(8-16)25(31,32)33)19-4-6-41(15-19)14-17-9-22(26(34,35)36)12-23(10-17)27(37,38)39/h2-12,15,40H,13-14H2,1H3/b5-3-,18-2+. The van der Waals surface area contributed by atoms with Crippen LogP contribution in [0.25, 0.3) is 5.57 Å². The number of nitrogens with zero attached hydrogens (tertiary/aromatic N) is 1. The normalized spacial score (nSPS) is 13.7. The van der Waals surface area contributed by atoms with Crippen LogP contribution in [0.3, 0.4) is 0 Å². The molecule has 0 amide bonds. The summed E-state index contributed by atoms with van der Waals surface area (Å²) in [6.45, 7) is 0.920. The molecule has 0 saturated carbocycles. The van der Waals surface area contributed by atoms with Crippen LogP contribution in [0.15, 0.2) is 73.2 Å². The molecule has 1 heterocycles. The van der Waals surface area contributed by atoms with E-state index in [2.05, 4.69) is 5.32 Å². The highest BCUT2D eigenvalue weighted by atomic mass is 19.4. The van der Waals surface area contributed by atoms with Crippen molar-refractivity contribution >= 4 is 5.57 Å². The second kappa shape index (κ2) is 11.6. The third-order valence-electron chi connectivity index (χ3n) is 5.74. The van der Waals surface area contributed by atoms with E-state index in [1.807, 2.05) is 0 Å². The highest BCUT2D eigenvalue weighted by molar-refractivity contribution is 5.73. The Morgan fingerprint density at radius 1 is 0.683 bits per heavy atom. The number of allylic oxidation sites excluding steroid dienone is 3. The van der Waals surface area contributed by atoms with Gasteiger partial charge in [0.05, 0.1) is 22.3 Å². The van der Waals surface area contributed by atoms with Crippen molar-refractivity contribution < 1.29 is 52.7 Å². The largest absolute Gasteiger partial charge is 0.416 e. The summed E-state index contributed by atoms with van der Waals surface area (Å²) in [6.07, 6.45) is -12.8. The van der Waals surface area contributed by atoms with Crippen LogP contribution in [0.2, 0.25) is 0 Å². The van der Waals surface area contributed by atoms with Crippen molar-refractivity contribution in [3.63, 3.8) is 0 Å². The van der Waals surface area contributed by atoms with Crippen LogP contribution in [-0.4, -0.2) is 4.57 Å². The van der Waals surface area contributed by atoms with E-state index < -0.39 is 47.0 Å². The van der Waals surface area contributed by atoms with Gasteiger partial charge in [-0.3, -0.25) is 0 Å². The topological polar surface area (TPSA) is 17.0 Å². The van der Waals surface area contributed by atoms with E-state index in [1.54, 1.807) is 13.0 Å². The summed E-state index contributed by atoms with van der Waals surface area (Å²) < 4.78 is 158.